The van der Waals surface area contributed by atoms with Gasteiger partial charge in [-0.3, -0.25) is 4.79 Å². The molecule has 1 aliphatic rings. The molecule has 0 saturated carbocycles. The lowest BCUT2D eigenvalue weighted by Crippen LogP contribution is -2.31. The van der Waals surface area contributed by atoms with Crippen LogP contribution in [0.25, 0.3) is 0 Å². The number of ether oxygens (including phenoxy) is 1. The van der Waals surface area contributed by atoms with Gasteiger partial charge in [-0.05, 0) is 47.2 Å². The number of hydrogen-bond acceptors (Lipinski definition) is 3. The molecule has 82 valence electrons. The van der Waals surface area contributed by atoms with Crippen LogP contribution in [0.3, 0.4) is 0 Å². The minimum absolute atomic E-state index is 0.0729. The van der Waals surface area contributed by atoms with Crippen molar-refractivity contribution in [2.45, 2.75) is 51.7 Å². The molecule has 0 aliphatic carbocycles. The Labute approximate surface area is 86.4 Å². The molecule has 14 heavy (non-hydrogen) atoms. The van der Waals surface area contributed by atoms with Gasteiger partial charge in [-0.15, -0.1) is 0 Å². The van der Waals surface area contributed by atoms with Crippen molar-refractivity contribution in [1.82, 2.24) is 4.90 Å². The number of esters is 1. The molecule has 1 aliphatic heterocycles. The molecule has 0 aromatic carbocycles. The summed E-state index contributed by atoms with van der Waals surface area (Å²) in [5.74, 6) is -0.0729. The second-order valence-electron chi connectivity index (χ2n) is 5.07. The average Bonchev–Trinajstić information content (AvgIpc) is 2.32. The van der Waals surface area contributed by atoms with E-state index < -0.39 is 0 Å². The zero-order chi connectivity index (χ0) is 10.8. The predicted molar refractivity (Wildman–Crippen MR) is 56.1 cm³/mol. The Kier molecular flexibility index (Phi) is 3.53. The van der Waals surface area contributed by atoms with Crippen molar-refractivity contribution in [2.75, 3.05) is 13.6 Å². The Morgan fingerprint density at radius 2 is 2.14 bits per heavy atom. The highest BCUT2D eigenvalue weighted by molar-refractivity contribution is 5.70. The van der Waals surface area contributed by atoms with Crippen LogP contribution in [-0.2, 0) is 9.53 Å². The molecule has 3 heteroatoms. The number of carbonyl (C=O) groups is 1. The van der Waals surface area contributed by atoms with E-state index in [9.17, 15) is 4.79 Å². The lowest BCUT2D eigenvalue weighted by molar-refractivity contribution is -0.155. The number of rotatable bonds is 2. The Bertz CT molecular complexity index is 208. The first-order valence-corrected chi connectivity index (χ1v) is 5.30. The predicted octanol–water partition coefficient (Wildman–Crippen LogP) is 1.81. The highest BCUT2D eigenvalue weighted by Crippen LogP contribution is 2.19. The first kappa shape index (κ1) is 11.5. The number of nitrogens with zero attached hydrogens (tertiary/aromatic N) is 1. The van der Waals surface area contributed by atoms with E-state index in [4.69, 9.17) is 4.74 Å². The van der Waals surface area contributed by atoms with E-state index in [-0.39, 0.29) is 11.6 Å². The smallest absolute Gasteiger partial charge is 0.307 e. The summed E-state index contributed by atoms with van der Waals surface area (Å²) in [6.45, 7) is 6.82. The minimum Gasteiger partial charge on any atom is -0.460 e. The fourth-order valence-electron chi connectivity index (χ4n) is 1.81. The van der Waals surface area contributed by atoms with Gasteiger partial charge in [0.2, 0.25) is 0 Å². The van der Waals surface area contributed by atoms with Gasteiger partial charge in [0, 0.05) is 6.04 Å². The van der Waals surface area contributed by atoms with E-state index in [1.54, 1.807) is 0 Å². The molecule has 0 spiro atoms. The molecular formula is C11H21NO2. The summed E-state index contributed by atoms with van der Waals surface area (Å²) in [5, 5.41) is 0. The second-order valence-corrected chi connectivity index (χ2v) is 5.07. The van der Waals surface area contributed by atoms with Crippen molar-refractivity contribution >= 4 is 5.97 Å². The third-order valence-corrected chi connectivity index (χ3v) is 2.49. The standard InChI is InChI=1S/C11H21NO2/c1-11(2,3)14-10(13)8-9-6-5-7-12(9)4/h9H,5-8H2,1-4H3. The van der Waals surface area contributed by atoms with Gasteiger partial charge in [-0.1, -0.05) is 0 Å². The minimum atomic E-state index is -0.353. The monoisotopic (exact) mass is 199 g/mol. The number of carbonyl (C=O) groups excluding carboxylic acids is 1. The van der Waals surface area contributed by atoms with E-state index in [2.05, 4.69) is 11.9 Å². The summed E-state index contributed by atoms with van der Waals surface area (Å²) in [4.78, 5) is 13.8. The Morgan fingerprint density at radius 1 is 1.50 bits per heavy atom. The van der Waals surface area contributed by atoms with Gasteiger partial charge in [0.05, 0.1) is 6.42 Å². The Balaban J connectivity index is 2.33. The molecule has 0 aromatic rings. The fraction of sp³-hybridized carbons (Fsp3) is 0.909. The van der Waals surface area contributed by atoms with Gasteiger partial charge < -0.3 is 9.64 Å². The first-order chi connectivity index (χ1) is 6.38. The maximum Gasteiger partial charge on any atom is 0.307 e. The van der Waals surface area contributed by atoms with Crippen LogP contribution in [0.15, 0.2) is 0 Å². The van der Waals surface area contributed by atoms with Crippen molar-refractivity contribution in [3.63, 3.8) is 0 Å². The molecule has 1 fully saturated rings. The van der Waals surface area contributed by atoms with Crippen LogP contribution in [0.4, 0.5) is 0 Å². The van der Waals surface area contributed by atoms with Gasteiger partial charge in [0.15, 0.2) is 0 Å². The maximum absolute atomic E-state index is 11.5. The molecule has 1 atom stereocenters. The summed E-state index contributed by atoms with van der Waals surface area (Å²) < 4.78 is 5.28. The molecule has 1 rings (SSSR count). The average molecular weight is 199 g/mol. The van der Waals surface area contributed by atoms with E-state index in [1.165, 1.54) is 6.42 Å². The van der Waals surface area contributed by atoms with Gasteiger partial charge >= 0.3 is 5.97 Å². The lowest BCUT2D eigenvalue weighted by atomic mass is 10.1. The largest absolute Gasteiger partial charge is 0.460 e. The van der Waals surface area contributed by atoms with Crippen LogP contribution in [0.2, 0.25) is 0 Å². The van der Waals surface area contributed by atoms with Crippen LogP contribution in [0.5, 0.6) is 0 Å². The first-order valence-electron chi connectivity index (χ1n) is 5.30. The van der Waals surface area contributed by atoms with Crippen LogP contribution in [-0.4, -0.2) is 36.1 Å². The fourth-order valence-corrected chi connectivity index (χ4v) is 1.81. The topological polar surface area (TPSA) is 29.5 Å². The van der Waals surface area contributed by atoms with Gasteiger partial charge in [0.25, 0.3) is 0 Å². The Hall–Kier alpha value is -0.570. The summed E-state index contributed by atoms with van der Waals surface area (Å²) in [7, 11) is 2.07. The van der Waals surface area contributed by atoms with Gasteiger partial charge in [-0.2, -0.15) is 0 Å². The molecule has 0 N–H and O–H groups in total. The summed E-state index contributed by atoms with van der Waals surface area (Å²) in [6.07, 6.45) is 2.85. The molecule has 0 aromatic heterocycles. The zero-order valence-corrected chi connectivity index (χ0v) is 9.67. The number of likely N-dealkylation sites (tertiary alicyclic amines) is 1. The molecular weight excluding hydrogens is 178 g/mol. The van der Waals surface area contributed by atoms with Gasteiger partial charge in [0.1, 0.15) is 5.60 Å². The summed E-state index contributed by atoms with van der Waals surface area (Å²) in [5.41, 5.74) is -0.353. The van der Waals surface area contributed by atoms with E-state index in [0.717, 1.165) is 13.0 Å². The molecule has 1 unspecified atom stereocenters. The van der Waals surface area contributed by atoms with Crippen LogP contribution in [0, 0.1) is 0 Å². The summed E-state index contributed by atoms with van der Waals surface area (Å²) in [6, 6.07) is 0.393. The van der Waals surface area contributed by atoms with E-state index in [1.807, 2.05) is 20.8 Å². The molecule has 0 amide bonds. The van der Waals surface area contributed by atoms with Crippen molar-refractivity contribution < 1.29 is 9.53 Å². The molecule has 1 heterocycles. The van der Waals surface area contributed by atoms with Crippen molar-refractivity contribution in [1.29, 1.82) is 0 Å². The third kappa shape index (κ3) is 3.66. The molecule has 0 radical (unpaired) electrons. The van der Waals surface area contributed by atoms with Crippen molar-refractivity contribution in [3.05, 3.63) is 0 Å². The Morgan fingerprint density at radius 3 is 2.57 bits per heavy atom. The van der Waals surface area contributed by atoms with Crippen LogP contribution < -0.4 is 0 Å². The normalized spacial score (nSPS) is 23.9. The zero-order valence-electron chi connectivity index (χ0n) is 9.67. The maximum atomic E-state index is 11.5. The third-order valence-electron chi connectivity index (χ3n) is 2.49. The highest BCUT2D eigenvalue weighted by atomic mass is 16.6. The van der Waals surface area contributed by atoms with Crippen LogP contribution in [0.1, 0.15) is 40.0 Å². The quantitative estimate of drug-likeness (QED) is 0.635. The second kappa shape index (κ2) is 4.30. The summed E-state index contributed by atoms with van der Waals surface area (Å²) >= 11 is 0. The van der Waals surface area contributed by atoms with E-state index in [0.29, 0.717) is 12.5 Å². The van der Waals surface area contributed by atoms with Crippen molar-refractivity contribution in [3.8, 4) is 0 Å². The molecule has 0 bridgehead atoms. The van der Waals surface area contributed by atoms with Crippen LogP contribution >= 0.6 is 0 Å². The van der Waals surface area contributed by atoms with E-state index >= 15 is 0 Å². The molecule has 1 saturated heterocycles. The van der Waals surface area contributed by atoms with Crippen molar-refractivity contribution in [2.24, 2.45) is 0 Å². The highest BCUT2D eigenvalue weighted by Gasteiger charge is 2.26. The SMILES string of the molecule is CN1CCCC1CC(=O)OC(C)(C)C. The lowest BCUT2D eigenvalue weighted by Gasteiger charge is -2.23. The molecule has 3 nitrogen and oxygen atoms in total. The number of hydrogen-bond donors (Lipinski definition) is 0. The van der Waals surface area contributed by atoms with Gasteiger partial charge in [-0.25, -0.2) is 0 Å².